The fourth-order valence-corrected chi connectivity index (χ4v) is 6.12. The Morgan fingerprint density at radius 3 is 2.73 bits per heavy atom. The summed E-state index contributed by atoms with van der Waals surface area (Å²) in [5, 5.41) is 2.32. The number of hydrogen-bond acceptors (Lipinski definition) is 2. The zero-order valence-electron chi connectivity index (χ0n) is 18.0. The standard InChI is InChI=1S/C27H29N2O/c1-18-6-7-22-21-9-13-28-16-24(21)30-26(22)25(18)23-14-20-15-27(10-4-3-5-11-27)12-8-19(20)17-29(23)2/h6-7,9,13-14,16-17H,3-5,8,10-12,15H2,1-2H3/q+1. The van der Waals surface area contributed by atoms with Crippen LogP contribution in [-0.2, 0) is 19.9 Å². The van der Waals surface area contributed by atoms with Gasteiger partial charge in [-0.15, -0.1) is 0 Å². The van der Waals surface area contributed by atoms with Crippen molar-refractivity contribution in [2.45, 2.75) is 58.3 Å². The average Bonchev–Trinajstić information content (AvgIpc) is 3.13. The first-order chi connectivity index (χ1) is 14.6. The number of aryl methyl sites for hydroxylation is 3. The van der Waals surface area contributed by atoms with Crippen LogP contribution in [0, 0.1) is 12.3 Å². The molecule has 152 valence electrons. The zero-order valence-corrected chi connectivity index (χ0v) is 18.0. The molecule has 0 amide bonds. The van der Waals surface area contributed by atoms with Gasteiger partial charge in [-0.3, -0.25) is 4.98 Å². The average molecular weight is 398 g/mol. The van der Waals surface area contributed by atoms with Crippen molar-refractivity contribution in [1.82, 2.24) is 4.98 Å². The summed E-state index contributed by atoms with van der Waals surface area (Å²) in [6.45, 7) is 2.20. The van der Waals surface area contributed by atoms with Gasteiger partial charge in [-0.2, -0.15) is 0 Å². The zero-order chi connectivity index (χ0) is 20.3. The SMILES string of the molecule is Cc1ccc2c(oc3cnccc32)c1-c1cc2c(c[n+]1C)CCC1(CCCCC1)C2. The van der Waals surface area contributed by atoms with Gasteiger partial charge in [-0.25, -0.2) is 4.57 Å². The van der Waals surface area contributed by atoms with Crippen molar-refractivity contribution in [3.63, 3.8) is 0 Å². The van der Waals surface area contributed by atoms with E-state index in [-0.39, 0.29) is 0 Å². The van der Waals surface area contributed by atoms with E-state index in [0.717, 1.165) is 16.6 Å². The van der Waals surface area contributed by atoms with Crippen LogP contribution in [0.5, 0.6) is 0 Å². The van der Waals surface area contributed by atoms with Crippen LogP contribution in [0.2, 0.25) is 0 Å². The highest BCUT2D eigenvalue weighted by atomic mass is 16.3. The first-order valence-electron chi connectivity index (χ1n) is 11.4. The van der Waals surface area contributed by atoms with Gasteiger partial charge in [-0.1, -0.05) is 31.4 Å². The molecular weight excluding hydrogens is 368 g/mol. The monoisotopic (exact) mass is 397 g/mol. The quantitative estimate of drug-likeness (QED) is 0.357. The highest BCUT2D eigenvalue weighted by Crippen LogP contribution is 2.47. The number of furan rings is 1. The second-order valence-corrected chi connectivity index (χ2v) is 9.67. The van der Waals surface area contributed by atoms with E-state index < -0.39 is 0 Å². The number of benzene rings is 1. The van der Waals surface area contributed by atoms with E-state index in [9.17, 15) is 0 Å². The number of hydrogen-bond donors (Lipinski definition) is 0. The Balaban J connectivity index is 1.54. The Morgan fingerprint density at radius 1 is 1.00 bits per heavy atom. The summed E-state index contributed by atoms with van der Waals surface area (Å²) in [6.07, 6.45) is 17.0. The van der Waals surface area contributed by atoms with Crippen molar-refractivity contribution in [3.8, 4) is 11.3 Å². The summed E-state index contributed by atoms with van der Waals surface area (Å²) in [5.41, 5.74) is 9.23. The number of nitrogens with zero attached hydrogens (tertiary/aromatic N) is 2. The molecule has 0 saturated heterocycles. The molecule has 3 heterocycles. The van der Waals surface area contributed by atoms with E-state index in [1.807, 2.05) is 12.4 Å². The Morgan fingerprint density at radius 2 is 1.87 bits per heavy atom. The topological polar surface area (TPSA) is 29.9 Å². The van der Waals surface area contributed by atoms with Crippen molar-refractivity contribution in [2.75, 3.05) is 0 Å². The number of rotatable bonds is 1. The van der Waals surface area contributed by atoms with Crippen molar-refractivity contribution in [1.29, 1.82) is 0 Å². The molecule has 2 aliphatic rings. The largest absolute Gasteiger partial charge is 0.454 e. The summed E-state index contributed by atoms with van der Waals surface area (Å²) in [4.78, 5) is 4.26. The van der Waals surface area contributed by atoms with Gasteiger partial charge in [0.1, 0.15) is 12.6 Å². The summed E-state index contributed by atoms with van der Waals surface area (Å²) in [6, 6.07) is 8.95. The van der Waals surface area contributed by atoms with E-state index in [4.69, 9.17) is 4.42 Å². The second-order valence-electron chi connectivity index (χ2n) is 9.67. The van der Waals surface area contributed by atoms with Gasteiger partial charge in [0.15, 0.2) is 11.8 Å². The summed E-state index contributed by atoms with van der Waals surface area (Å²) in [5.74, 6) is 0. The lowest BCUT2D eigenvalue weighted by Crippen LogP contribution is -2.36. The molecule has 1 spiro atoms. The first-order valence-corrected chi connectivity index (χ1v) is 11.4. The van der Waals surface area contributed by atoms with Gasteiger partial charge in [-0.05, 0) is 61.6 Å². The maximum absolute atomic E-state index is 6.35. The van der Waals surface area contributed by atoms with Crippen LogP contribution < -0.4 is 4.57 Å². The van der Waals surface area contributed by atoms with Gasteiger partial charge < -0.3 is 4.42 Å². The third kappa shape index (κ3) is 2.71. The van der Waals surface area contributed by atoms with Gasteiger partial charge >= 0.3 is 0 Å². The maximum Gasteiger partial charge on any atom is 0.216 e. The van der Waals surface area contributed by atoms with Crippen LogP contribution >= 0.6 is 0 Å². The minimum absolute atomic E-state index is 0.550. The molecule has 4 aromatic rings. The number of aromatic nitrogens is 2. The first kappa shape index (κ1) is 18.1. The van der Waals surface area contributed by atoms with Crippen LogP contribution in [0.15, 0.2) is 47.3 Å². The molecule has 0 N–H and O–H groups in total. The van der Waals surface area contributed by atoms with Gasteiger partial charge in [0.2, 0.25) is 5.69 Å². The molecule has 30 heavy (non-hydrogen) atoms. The predicted molar refractivity (Wildman–Crippen MR) is 120 cm³/mol. The lowest BCUT2D eigenvalue weighted by atomic mass is 9.64. The van der Waals surface area contributed by atoms with Crippen molar-refractivity contribution in [3.05, 3.63) is 59.5 Å². The molecule has 3 aromatic heterocycles. The molecule has 6 rings (SSSR count). The molecule has 1 aromatic carbocycles. The van der Waals surface area contributed by atoms with Crippen molar-refractivity contribution in [2.24, 2.45) is 12.5 Å². The smallest absolute Gasteiger partial charge is 0.216 e. The lowest BCUT2D eigenvalue weighted by molar-refractivity contribution is -0.660. The molecule has 0 radical (unpaired) electrons. The molecule has 3 nitrogen and oxygen atoms in total. The Kier molecular flexibility index (Phi) is 4.02. The second kappa shape index (κ2) is 6.66. The molecule has 0 unspecified atom stereocenters. The fourth-order valence-electron chi connectivity index (χ4n) is 6.12. The molecule has 1 fully saturated rings. The van der Waals surface area contributed by atoms with E-state index >= 15 is 0 Å². The Labute approximate surface area is 177 Å². The molecule has 0 bridgehead atoms. The minimum Gasteiger partial charge on any atom is -0.454 e. The van der Waals surface area contributed by atoms with Gasteiger partial charge in [0.05, 0.1) is 11.8 Å². The number of pyridine rings is 2. The molecule has 0 atom stereocenters. The summed E-state index contributed by atoms with van der Waals surface area (Å²) in [7, 11) is 2.18. The van der Waals surface area contributed by atoms with E-state index in [1.165, 1.54) is 79.1 Å². The van der Waals surface area contributed by atoms with Crippen molar-refractivity contribution >= 4 is 21.9 Å². The minimum atomic E-state index is 0.550. The molecule has 1 saturated carbocycles. The summed E-state index contributed by atoms with van der Waals surface area (Å²) >= 11 is 0. The summed E-state index contributed by atoms with van der Waals surface area (Å²) < 4.78 is 8.66. The van der Waals surface area contributed by atoms with Crippen LogP contribution in [0.1, 0.15) is 55.2 Å². The van der Waals surface area contributed by atoms with Crippen LogP contribution in [0.4, 0.5) is 0 Å². The van der Waals surface area contributed by atoms with Crippen LogP contribution in [0.25, 0.3) is 33.2 Å². The van der Waals surface area contributed by atoms with Crippen molar-refractivity contribution < 1.29 is 8.98 Å². The third-order valence-corrected chi connectivity index (χ3v) is 7.77. The normalized spacial score (nSPS) is 18.2. The Hall–Kier alpha value is -2.68. The third-order valence-electron chi connectivity index (χ3n) is 7.77. The Bertz CT molecular complexity index is 1280. The van der Waals surface area contributed by atoms with Gasteiger partial charge in [0.25, 0.3) is 0 Å². The predicted octanol–water partition coefficient (Wildman–Crippen LogP) is 6.22. The molecule has 0 aliphatic heterocycles. The maximum atomic E-state index is 6.35. The molecular formula is C27H29N2O+. The highest BCUT2D eigenvalue weighted by Gasteiger charge is 2.37. The molecule has 2 aliphatic carbocycles. The van der Waals surface area contributed by atoms with E-state index in [2.05, 4.69) is 54.0 Å². The van der Waals surface area contributed by atoms with Crippen LogP contribution in [0.3, 0.4) is 0 Å². The number of fused-ring (bicyclic) bond motifs is 4. The molecule has 3 heteroatoms. The lowest BCUT2D eigenvalue weighted by Gasteiger charge is -2.41. The van der Waals surface area contributed by atoms with Crippen LogP contribution in [-0.4, -0.2) is 4.98 Å². The highest BCUT2D eigenvalue weighted by molar-refractivity contribution is 6.09. The van der Waals surface area contributed by atoms with E-state index in [1.54, 1.807) is 5.56 Å². The fraction of sp³-hybridized carbons (Fsp3) is 0.407. The van der Waals surface area contributed by atoms with Gasteiger partial charge in [0, 0.05) is 28.6 Å². The van der Waals surface area contributed by atoms with E-state index in [0.29, 0.717) is 5.41 Å².